The summed E-state index contributed by atoms with van der Waals surface area (Å²) >= 11 is 0. The zero-order valence-corrected chi connectivity index (χ0v) is 11.9. The maximum absolute atomic E-state index is 12.0. The van der Waals surface area contributed by atoms with Crippen molar-refractivity contribution in [1.29, 1.82) is 0 Å². The number of nitrogens with one attached hydrogen (secondary N) is 1. The fourth-order valence-electron chi connectivity index (χ4n) is 2.60. The third-order valence-electron chi connectivity index (χ3n) is 3.78. The summed E-state index contributed by atoms with van der Waals surface area (Å²) in [6.07, 6.45) is 6.14. The first-order valence-corrected chi connectivity index (χ1v) is 7.28. The highest BCUT2D eigenvalue weighted by Gasteiger charge is 2.22. The van der Waals surface area contributed by atoms with Crippen molar-refractivity contribution in [3.05, 3.63) is 28.7 Å². The molecule has 1 N–H and O–H groups in total. The predicted molar refractivity (Wildman–Crippen MR) is 76.8 cm³/mol. The number of aromatic amines is 1. The second-order valence-corrected chi connectivity index (χ2v) is 5.29. The van der Waals surface area contributed by atoms with Gasteiger partial charge < -0.3 is 14.6 Å². The smallest absolute Gasteiger partial charge is 0.260 e. The van der Waals surface area contributed by atoms with Gasteiger partial charge in [-0.2, -0.15) is 0 Å². The van der Waals surface area contributed by atoms with E-state index in [2.05, 4.69) is 11.9 Å². The number of carbonyl (C=O) groups is 1. The molecule has 1 aromatic heterocycles. The molecule has 1 saturated heterocycles. The van der Waals surface area contributed by atoms with Crippen LogP contribution >= 0.6 is 0 Å². The molecule has 0 saturated carbocycles. The van der Waals surface area contributed by atoms with E-state index < -0.39 is 0 Å². The molecular formula is C15H22N2O3. The Morgan fingerprint density at radius 2 is 2.15 bits per heavy atom. The fraction of sp³-hybridized carbons (Fsp3) is 0.600. The molecule has 1 aliphatic rings. The number of H-pyrrole nitrogens is 1. The van der Waals surface area contributed by atoms with E-state index in [0.717, 1.165) is 31.8 Å². The van der Waals surface area contributed by atoms with E-state index in [1.54, 1.807) is 6.07 Å². The van der Waals surface area contributed by atoms with Crippen LogP contribution < -0.4 is 10.3 Å². The number of piperidine rings is 1. The van der Waals surface area contributed by atoms with Crippen LogP contribution in [0, 0.1) is 5.92 Å². The van der Waals surface area contributed by atoms with Crippen molar-refractivity contribution in [2.75, 3.05) is 19.7 Å². The van der Waals surface area contributed by atoms with Crippen molar-refractivity contribution in [2.24, 2.45) is 5.92 Å². The number of rotatable bonds is 5. The summed E-state index contributed by atoms with van der Waals surface area (Å²) in [5.74, 6) is 1.30. The van der Waals surface area contributed by atoms with Gasteiger partial charge in [0.05, 0.1) is 0 Å². The second-order valence-electron chi connectivity index (χ2n) is 5.29. The number of nitrogens with zero attached hydrogens (tertiary/aromatic N) is 1. The number of hydrogen-bond acceptors (Lipinski definition) is 3. The molecule has 1 fully saturated rings. The number of aromatic nitrogens is 1. The highest BCUT2D eigenvalue weighted by atomic mass is 16.5. The Bertz CT molecular complexity index is 470. The topological polar surface area (TPSA) is 62.4 Å². The average Bonchev–Trinajstić information content (AvgIpc) is 2.47. The minimum Gasteiger partial charge on any atom is -0.482 e. The van der Waals surface area contributed by atoms with Crippen LogP contribution in [0.5, 0.6) is 5.75 Å². The second kappa shape index (κ2) is 7.12. The molecule has 0 aromatic carbocycles. The van der Waals surface area contributed by atoms with Gasteiger partial charge in [0.1, 0.15) is 5.75 Å². The number of likely N-dealkylation sites (tertiary alicyclic amines) is 1. The summed E-state index contributed by atoms with van der Waals surface area (Å²) in [5.41, 5.74) is -0.179. The van der Waals surface area contributed by atoms with Crippen LogP contribution in [0.4, 0.5) is 0 Å². The molecule has 0 atom stereocenters. The Labute approximate surface area is 118 Å². The van der Waals surface area contributed by atoms with E-state index in [1.165, 1.54) is 25.1 Å². The standard InChI is InChI=1S/C15H22N2O3/c1-2-3-12-6-8-17(9-7-12)15(19)11-20-13-4-5-14(18)16-10-13/h4-5,10,12H,2-3,6-9,11H2,1H3,(H,16,18). The van der Waals surface area contributed by atoms with Crippen LogP contribution in [0.3, 0.4) is 0 Å². The van der Waals surface area contributed by atoms with Crippen LogP contribution in [0.1, 0.15) is 32.6 Å². The molecule has 1 aromatic rings. The number of pyridine rings is 1. The lowest BCUT2D eigenvalue weighted by Gasteiger charge is -2.31. The summed E-state index contributed by atoms with van der Waals surface area (Å²) < 4.78 is 5.39. The van der Waals surface area contributed by atoms with Crippen molar-refractivity contribution < 1.29 is 9.53 Å². The van der Waals surface area contributed by atoms with Crippen LogP contribution in [0.2, 0.25) is 0 Å². The molecule has 2 rings (SSSR count). The Balaban J connectivity index is 1.75. The van der Waals surface area contributed by atoms with Gasteiger partial charge in [-0.15, -0.1) is 0 Å². The Hall–Kier alpha value is -1.78. The number of carbonyl (C=O) groups excluding carboxylic acids is 1. The molecule has 1 amide bonds. The molecule has 0 bridgehead atoms. The quantitative estimate of drug-likeness (QED) is 0.893. The van der Waals surface area contributed by atoms with Crippen molar-refractivity contribution >= 4 is 5.91 Å². The van der Waals surface area contributed by atoms with Gasteiger partial charge >= 0.3 is 0 Å². The van der Waals surface area contributed by atoms with Crippen LogP contribution in [-0.4, -0.2) is 35.5 Å². The monoisotopic (exact) mass is 278 g/mol. The van der Waals surface area contributed by atoms with Crippen molar-refractivity contribution in [1.82, 2.24) is 9.88 Å². The Kier molecular flexibility index (Phi) is 5.21. The lowest BCUT2D eigenvalue weighted by molar-refractivity contribution is -0.134. The largest absolute Gasteiger partial charge is 0.482 e. The van der Waals surface area contributed by atoms with Crippen molar-refractivity contribution in [3.63, 3.8) is 0 Å². The fourth-order valence-corrected chi connectivity index (χ4v) is 2.60. The number of hydrogen-bond donors (Lipinski definition) is 1. The van der Waals surface area contributed by atoms with Crippen LogP contribution in [-0.2, 0) is 4.79 Å². The third-order valence-corrected chi connectivity index (χ3v) is 3.78. The summed E-state index contributed by atoms with van der Waals surface area (Å²) in [6.45, 7) is 3.90. The Morgan fingerprint density at radius 1 is 1.40 bits per heavy atom. The van der Waals surface area contributed by atoms with Crippen molar-refractivity contribution in [3.8, 4) is 5.75 Å². The first-order valence-electron chi connectivity index (χ1n) is 7.28. The summed E-state index contributed by atoms with van der Waals surface area (Å²) in [5, 5.41) is 0. The first-order chi connectivity index (χ1) is 9.69. The summed E-state index contributed by atoms with van der Waals surface area (Å²) in [4.78, 5) is 27.3. The van der Waals surface area contributed by atoms with Gasteiger partial charge in [-0.25, -0.2) is 0 Å². The van der Waals surface area contributed by atoms with Gasteiger partial charge in [-0.05, 0) is 24.8 Å². The number of ether oxygens (including phenoxy) is 1. The first kappa shape index (κ1) is 14.6. The molecule has 5 heteroatoms. The van der Waals surface area contributed by atoms with E-state index in [-0.39, 0.29) is 18.1 Å². The van der Waals surface area contributed by atoms with Gasteiger partial charge in [0.25, 0.3) is 5.91 Å². The molecule has 0 spiro atoms. The van der Waals surface area contributed by atoms with Crippen molar-refractivity contribution in [2.45, 2.75) is 32.6 Å². The zero-order chi connectivity index (χ0) is 14.4. The van der Waals surface area contributed by atoms with Gasteiger partial charge in [0.2, 0.25) is 5.56 Å². The van der Waals surface area contributed by atoms with E-state index in [1.807, 2.05) is 4.90 Å². The molecule has 110 valence electrons. The normalized spacial score (nSPS) is 16.1. The zero-order valence-electron chi connectivity index (χ0n) is 11.9. The molecule has 0 unspecified atom stereocenters. The minimum atomic E-state index is -0.179. The average molecular weight is 278 g/mol. The van der Waals surface area contributed by atoms with Gasteiger partial charge in [-0.1, -0.05) is 19.8 Å². The minimum absolute atomic E-state index is 0.0196. The molecule has 0 radical (unpaired) electrons. The highest BCUT2D eigenvalue weighted by molar-refractivity contribution is 5.77. The lowest BCUT2D eigenvalue weighted by Crippen LogP contribution is -2.41. The van der Waals surface area contributed by atoms with Crippen LogP contribution in [0.25, 0.3) is 0 Å². The van der Waals surface area contributed by atoms with E-state index in [0.29, 0.717) is 5.75 Å². The third kappa shape index (κ3) is 4.11. The SMILES string of the molecule is CCCC1CCN(C(=O)COc2ccc(=O)[nH]c2)CC1. The summed E-state index contributed by atoms with van der Waals surface area (Å²) in [6, 6.07) is 2.95. The molecule has 5 nitrogen and oxygen atoms in total. The molecular weight excluding hydrogens is 256 g/mol. The van der Waals surface area contributed by atoms with E-state index in [9.17, 15) is 9.59 Å². The molecule has 2 heterocycles. The lowest BCUT2D eigenvalue weighted by atomic mass is 9.92. The Morgan fingerprint density at radius 3 is 2.75 bits per heavy atom. The molecule has 1 aliphatic heterocycles. The molecule has 20 heavy (non-hydrogen) atoms. The van der Waals surface area contributed by atoms with Crippen LogP contribution in [0.15, 0.2) is 23.1 Å². The highest BCUT2D eigenvalue weighted by Crippen LogP contribution is 2.21. The number of amides is 1. The van der Waals surface area contributed by atoms with E-state index >= 15 is 0 Å². The van der Waals surface area contributed by atoms with Gasteiger partial charge in [0.15, 0.2) is 6.61 Å². The van der Waals surface area contributed by atoms with E-state index in [4.69, 9.17) is 4.74 Å². The van der Waals surface area contributed by atoms with Gasteiger partial charge in [-0.3, -0.25) is 9.59 Å². The van der Waals surface area contributed by atoms with Gasteiger partial charge in [0, 0.05) is 25.4 Å². The summed E-state index contributed by atoms with van der Waals surface area (Å²) in [7, 11) is 0. The maximum Gasteiger partial charge on any atom is 0.260 e. The molecule has 0 aliphatic carbocycles. The predicted octanol–water partition coefficient (Wildman–Crippen LogP) is 1.79. The maximum atomic E-state index is 12.0.